The van der Waals surface area contributed by atoms with Crippen molar-refractivity contribution >= 4 is 0 Å². The highest BCUT2D eigenvalue weighted by Gasteiger charge is 2.14. The van der Waals surface area contributed by atoms with E-state index in [1.54, 1.807) is 4.68 Å². The summed E-state index contributed by atoms with van der Waals surface area (Å²) in [6, 6.07) is 9.86. The fraction of sp³-hybridized carbons (Fsp3) is 0.308. The molecule has 0 aliphatic heterocycles. The molecule has 0 fully saturated rings. The van der Waals surface area contributed by atoms with Crippen molar-refractivity contribution in [1.29, 1.82) is 0 Å². The lowest BCUT2D eigenvalue weighted by atomic mass is 10.1. The zero-order valence-corrected chi connectivity index (χ0v) is 9.64. The molecule has 2 rings (SSSR count). The second-order valence-electron chi connectivity index (χ2n) is 3.87. The van der Waals surface area contributed by atoms with Crippen molar-refractivity contribution in [1.82, 2.24) is 9.78 Å². The Bertz CT molecular complexity index is 474. The minimum atomic E-state index is 0.269. The third kappa shape index (κ3) is 1.81. The zero-order valence-electron chi connectivity index (χ0n) is 9.64. The second kappa shape index (κ2) is 4.39. The van der Waals surface area contributed by atoms with Crippen molar-refractivity contribution in [3.8, 4) is 17.0 Å². The smallest absolute Gasteiger partial charge is 0.217 e. The summed E-state index contributed by atoms with van der Waals surface area (Å²) < 4.78 is 1.66. The molecule has 3 heteroatoms. The fourth-order valence-electron chi connectivity index (χ4n) is 1.88. The standard InChI is InChI=1S/C13H16N2O/c1-3-9-15-13(16)12(10(2)14-15)11-7-5-4-6-8-11/h4-8,16H,3,9H2,1-2H3. The van der Waals surface area contributed by atoms with Crippen LogP contribution in [0.25, 0.3) is 11.1 Å². The number of aromatic nitrogens is 2. The molecule has 1 aromatic carbocycles. The summed E-state index contributed by atoms with van der Waals surface area (Å²) in [5, 5.41) is 14.4. The maximum absolute atomic E-state index is 10.1. The summed E-state index contributed by atoms with van der Waals surface area (Å²) in [4.78, 5) is 0. The first-order chi connectivity index (χ1) is 7.74. The van der Waals surface area contributed by atoms with Gasteiger partial charge in [-0.3, -0.25) is 0 Å². The maximum Gasteiger partial charge on any atom is 0.217 e. The molecule has 1 N–H and O–H groups in total. The quantitative estimate of drug-likeness (QED) is 0.856. The number of nitrogens with zero attached hydrogens (tertiary/aromatic N) is 2. The molecule has 1 heterocycles. The molecule has 0 unspecified atom stereocenters. The van der Waals surface area contributed by atoms with Gasteiger partial charge in [-0.1, -0.05) is 37.3 Å². The van der Waals surface area contributed by atoms with Crippen LogP contribution in [0.4, 0.5) is 0 Å². The number of benzene rings is 1. The Morgan fingerprint density at radius 2 is 1.94 bits per heavy atom. The van der Waals surface area contributed by atoms with Crippen LogP contribution in [-0.2, 0) is 6.54 Å². The molecule has 0 bridgehead atoms. The normalized spacial score (nSPS) is 10.6. The first-order valence-corrected chi connectivity index (χ1v) is 5.55. The predicted octanol–water partition coefficient (Wildman–Crippen LogP) is 2.97. The van der Waals surface area contributed by atoms with Gasteiger partial charge in [0.15, 0.2) is 0 Å². The summed E-state index contributed by atoms with van der Waals surface area (Å²) in [6.45, 7) is 4.74. The Hall–Kier alpha value is -1.77. The van der Waals surface area contributed by atoms with E-state index in [2.05, 4.69) is 12.0 Å². The average molecular weight is 216 g/mol. The molecule has 0 aliphatic rings. The van der Waals surface area contributed by atoms with Crippen LogP contribution in [0.15, 0.2) is 30.3 Å². The zero-order chi connectivity index (χ0) is 11.5. The average Bonchev–Trinajstić information content (AvgIpc) is 2.56. The molecular formula is C13H16N2O. The Balaban J connectivity index is 2.49. The van der Waals surface area contributed by atoms with Crippen LogP contribution in [0.1, 0.15) is 19.0 Å². The van der Waals surface area contributed by atoms with E-state index in [4.69, 9.17) is 0 Å². The van der Waals surface area contributed by atoms with Crippen LogP contribution in [0, 0.1) is 6.92 Å². The Morgan fingerprint density at radius 1 is 1.25 bits per heavy atom. The van der Waals surface area contributed by atoms with Crippen molar-refractivity contribution in [3.63, 3.8) is 0 Å². The van der Waals surface area contributed by atoms with Gasteiger partial charge in [0, 0.05) is 6.54 Å². The lowest BCUT2D eigenvalue weighted by Crippen LogP contribution is -1.97. The van der Waals surface area contributed by atoms with E-state index in [1.807, 2.05) is 37.3 Å². The Morgan fingerprint density at radius 3 is 2.56 bits per heavy atom. The third-order valence-electron chi connectivity index (χ3n) is 2.60. The molecule has 0 radical (unpaired) electrons. The summed E-state index contributed by atoms with van der Waals surface area (Å²) in [6.07, 6.45) is 0.961. The monoisotopic (exact) mass is 216 g/mol. The van der Waals surface area contributed by atoms with Crippen LogP contribution < -0.4 is 0 Å². The van der Waals surface area contributed by atoms with Gasteiger partial charge in [-0.15, -0.1) is 0 Å². The first kappa shape index (κ1) is 10.7. The van der Waals surface area contributed by atoms with Crippen molar-refractivity contribution in [2.24, 2.45) is 0 Å². The molecule has 2 aromatic rings. The highest BCUT2D eigenvalue weighted by molar-refractivity contribution is 5.70. The molecular weight excluding hydrogens is 200 g/mol. The number of rotatable bonds is 3. The molecule has 3 nitrogen and oxygen atoms in total. The topological polar surface area (TPSA) is 38.0 Å². The second-order valence-corrected chi connectivity index (χ2v) is 3.87. The SMILES string of the molecule is CCCn1nc(C)c(-c2ccccc2)c1O. The van der Waals surface area contributed by atoms with Crippen molar-refractivity contribution in [2.75, 3.05) is 0 Å². The third-order valence-corrected chi connectivity index (χ3v) is 2.60. The molecule has 0 atom stereocenters. The van der Waals surface area contributed by atoms with Gasteiger partial charge in [0.25, 0.3) is 0 Å². The van der Waals surface area contributed by atoms with E-state index in [-0.39, 0.29) is 5.88 Å². The largest absolute Gasteiger partial charge is 0.493 e. The molecule has 0 saturated heterocycles. The minimum absolute atomic E-state index is 0.269. The number of aryl methyl sites for hydroxylation is 2. The van der Waals surface area contributed by atoms with E-state index in [1.165, 1.54) is 0 Å². The van der Waals surface area contributed by atoms with Gasteiger partial charge in [-0.25, -0.2) is 4.68 Å². The van der Waals surface area contributed by atoms with E-state index in [9.17, 15) is 5.11 Å². The Labute approximate surface area is 95.3 Å². The highest BCUT2D eigenvalue weighted by atomic mass is 16.3. The summed E-state index contributed by atoms with van der Waals surface area (Å²) in [5.74, 6) is 0.269. The van der Waals surface area contributed by atoms with Crippen LogP contribution in [0.5, 0.6) is 5.88 Å². The van der Waals surface area contributed by atoms with E-state index < -0.39 is 0 Å². The fourth-order valence-corrected chi connectivity index (χ4v) is 1.88. The molecule has 0 amide bonds. The highest BCUT2D eigenvalue weighted by Crippen LogP contribution is 2.32. The lowest BCUT2D eigenvalue weighted by molar-refractivity contribution is 0.398. The van der Waals surface area contributed by atoms with Crippen LogP contribution in [-0.4, -0.2) is 14.9 Å². The van der Waals surface area contributed by atoms with Crippen molar-refractivity contribution < 1.29 is 5.11 Å². The van der Waals surface area contributed by atoms with Crippen LogP contribution in [0.3, 0.4) is 0 Å². The van der Waals surface area contributed by atoms with Crippen molar-refractivity contribution in [2.45, 2.75) is 26.8 Å². The molecule has 0 saturated carbocycles. The van der Waals surface area contributed by atoms with Crippen molar-refractivity contribution in [3.05, 3.63) is 36.0 Å². The van der Waals surface area contributed by atoms with Crippen LogP contribution in [0.2, 0.25) is 0 Å². The predicted molar refractivity (Wildman–Crippen MR) is 64.4 cm³/mol. The summed E-state index contributed by atoms with van der Waals surface area (Å²) in [7, 11) is 0. The number of aromatic hydroxyl groups is 1. The van der Waals surface area contributed by atoms with Gasteiger partial charge in [0.1, 0.15) is 0 Å². The maximum atomic E-state index is 10.1. The number of hydrogen-bond donors (Lipinski definition) is 1. The van der Waals surface area contributed by atoms with E-state index >= 15 is 0 Å². The number of hydrogen-bond acceptors (Lipinski definition) is 2. The van der Waals surface area contributed by atoms with Gasteiger partial charge in [0.05, 0.1) is 11.3 Å². The molecule has 0 spiro atoms. The molecule has 0 aliphatic carbocycles. The van der Waals surface area contributed by atoms with Gasteiger partial charge in [-0.2, -0.15) is 5.10 Å². The van der Waals surface area contributed by atoms with Gasteiger partial charge in [-0.05, 0) is 18.9 Å². The summed E-state index contributed by atoms with van der Waals surface area (Å²) in [5.41, 5.74) is 2.73. The summed E-state index contributed by atoms with van der Waals surface area (Å²) >= 11 is 0. The minimum Gasteiger partial charge on any atom is -0.493 e. The van der Waals surface area contributed by atoms with Gasteiger partial charge >= 0.3 is 0 Å². The lowest BCUT2D eigenvalue weighted by Gasteiger charge is -2.02. The van der Waals surface area contributed by atoms with Gasteiger partial charge in [0.2, 0.25) is 5.88 Å². The molecule has 84 valence electrons. The van der Waals surface area contributed by atoms with E-state index in [0.717, 1.165) is 29.8 Å². The Kier molecular flexibility index (Phi) is 2.95. The van der Waals surface area contributed by atoms with Gasteiger partial charge < -0.3 is 5.11 Å². The first-order valence-electron chi connectivity index (χ1n) is 5.55. The van der Waals surface area contributed by atoms with Crippen LogP contribution >= 0.6 is 0 Å². The van der Waals surface area contributed by atoms with E-state index in [0.29, 0.717) is 0 Å². The molecule has 1 aromatic heterocycles. The molecule has 16 heavy (non-hydrogen) atoms.